The number of ether oxygens (including phenoxy) is 1. The van der Waals surface area contributed by atoms with Crippen LogP contribution in [0, 0.1) is 0 Å². The number of esters is 1. The average Bonchev–Trinajstić information content (AvgIpc) is 2.25. The molecule has 0 saturated heterocycles. The zero-order valence-corrected chi connectivity index (χ0v) is 13.0. The van der Waals surface area contributed by atoms with Gasteiger partial charge in [-0.1, -0.05) is 13.3 Å². The number of hydrogen-bond acceptors (Lipinski definition) is 3. The monoisotopic (exact) mass is 317 g/mol. The molecule has 0 aliphatic rings. The Labute approximate surface area is 120 Å². The maximum Gasteiger partial charge on any atom is 0.405 e. The zero-order valence-electron chi connectivity index (χ0n) is 12.2. The minimum absolute atomic E-state index is 0.0995. The molecule has 0 spiro atoms. The number of halogens is 3. The van der Waals surface area contributed by atoms with Gasteiger partial charge in [-0.2, -0.15) is 13.2 Å². The first-order valence-corrected chi connectivity index (χ1v) is 7.53. The molecule has 1 unspecified atom stereocenters. The van der Waals surface area contributed by atoms with E-state index in [2.05, 4.69) is 0 Å². The van der Waals surface area contributed by atoms with Crippen LogP contribution >= 0.6 is 0 Å². The molecule has 0 radical (unpaired) electrons. The predicted octanol–water partition coefficient (Wildman–Crippen LogP) is 2.70. The molecule has 0 aliphatic heterocycles. The second kappa shape index (κ2) is 7.97. The fraction of sp³-hybridized carbons (Fsp3) is 0.917. The highest BCUT2D eigenvalue weighted by Gasteiger charge is 2.43. The minimum Gasteiger partial charge on any atom is -0.466 e. The van der Waals surface area contributed by atoms with Crippen molar-refractivity contribution < 1.29 is 26.9 Å². The average molecular weight is 317 g/mol. The van der Waals surface area contributed by atoms with Crippen molar-refractivity contribution in [3.05, 3.63) is 0 Å². The number of carbonyl (C=O) groups is 1. The molecule has 0 aliphatic carbocycles. The van der Waals surface area contributed by atoms with Crippen molar-refractivity contribution in [1.82, 2.24) is 4.72 Å². The number of unbranched alkanes of at least 4 members (excludes halogenated alkanes) is 1. The van der Waals surface area contributed by atoms with E-state index in [0.717, 1.165) is 6.42 Å². The maximum absolute atomic E-state index is 12.8. The van der Waals surface area contributed by atoms with Gasteiger partial charge >= 0.3 is 12.1 Å². The van der Waals surface area contributed by atoms with E-state index in [1.807, 2.05) is 11.6 Å². The SMILES string of the molecule is CCCCOC(=O)C[C@H](NS(=O)C(C)(C)C)C(F)(F)F. The van der Waals surface area contributed by atoms with Gasteiger partial charge in [0, 0.05) is 0 Å². The predicted molar refractivity (Wildman–Crippen MR) is 71.4 cm³/mol. The molecule has 20 heavy (non-hydrogen) atoms. The Hall–Kier alpha value is -0.630. The lowest BCUT2D eigenvalue weighted by molar-refractivity contribution is -0.166. The summed E-state index contributed by atoms with van der Waals surface area (Å²) in [6.45, 7) is 6.61. The molecule has 0 aromatic carbocycles. The third kappa shape index (κ3) is 7.84. The smallest absolute Gasteiger partial charge is 0.405 e. The number of carbonyl (C=O) groups excluding carboxylic acids is 1. The fourth-order valence-corrected chi connectivity index (χ4v) is 1.92. The highest BCUT2D eigenvalue weighted by molar-refractivity contribution is 7.84. The molecule has 8 heteroatoms. The van der Waals surface area contributed by atoms with Crippen molar-refractivity contribution in [2.45, 2.75) is 63.9 Å². The quantitative estimate of drug-likeness (QED) is 0.580. The molecule has 1 N–H and O–H groups in total. The number of alkyl halides is 3. The molecule has 0 rings (SSSR count). The summed E-state index contributed by atoms with van der Waals surface area (Å²) in [5.41, 5.74) is 0. The van der Waals surface area contributed by atoms with E-state index >= 15 is 0 Å². The Morgan fingerprint density at radius 1 is 1.30 bits per heavy atom. The number of rotatable bonds is 7. The van der Waals surface area contributed by atoms with Gasteiger partial charge in [0.2, 0.25) is 0 Å². The van der Waals surface area contributed by atoms with Gasteiger partial charge in [0.1, 0.15) is 6.04 Å². The normalized spacial score (nSPS) is 15.8. The maximum atomic E-state index is 12.8. The van der Waals surface area contributed by atoms with Crippen molar-refractivity contribution in [2.75, 3.05) is 6.61 Å². The van der Waals surface area contributed by atoms with Gasteiger partial charge < -0.3 is 4.74 Å². The van der Waals surface area contributed by atoms with Gasteiger partial charge in [-0.3, -0.25) is 4.79 Å². The number of hydrogen-bond donors (Lipinski definition) is 1. The molecular formula is C12H22F3NO3S. The molecule has 4 nitrogen and oxygen atoms in total. The second-order valence-electron chi connectivity index (χ2n) is 5.37. The van der Waals surface area contributed by atoms with Crippen LogP contribution in [0.25, 0.3) is 0 Å². The Morgan fingerprint density at radius 3 is 2.25 bits per heavy atom. The van der Waals surface area contributed by atoms with Crippen LogP contribution in [-0.4, -0.2) is 33.8 Å². The zero-order chi connectivity index (χ0) is 16.0. The standard InChI is InChI=1S/C12H22F3NO3S/c1-5-6-7-19-10(17)8-9(12(13,14)15)16-20(18)11(2,3)4/h9,16H,5-8H2,1-4H3/t9-,20?/m0/s1. The minimum atomic E-state index is -4.66. The lowest BCUT2D eigenvalue weighted by atomic mass is 10.2. The van der Waals surface area contributed by atoms with Crippen molar-refractivity contribution in [2.24, 2.45) is 0 Å². The first-order chi connectivity index (χ1) is 8.98. The molecule has 0 aromatic rings. The molecule has 0 bridgehead atoms. The van der Waals surface area contributed by atoms with E-state index in [4.69, 9.17) is 4.74 Å². The van der Waals surface area contributed by atoms with Crippen LogP contribution in [0.1, 0.15) is 47.0 Å². The molecule has 0 amide bonds. The van der Waals surface area contributed by atoms with Crippen LogP contribution in [0.2, 0.25) is 0 Å². The Kier molecular flexibility index (Phi) is 7.72. The molecule has 0 saturated carbocycles. The Morgan fingerprint density at radius 2 is 1.85 bits per heavy atom. The summed E-state index contributed by atoms with van der Waals surface area (Å²) in [6.07, 6.45) is -4.16. The van der Waals surface area contributed by atoms with Gasteiger partial charge in [0.15, 0.2) is 0 Å². The van der Waals surface area contributed by atoms with Crippen LogP contribution in [0.15, 0.2) is 0 Å². The van der Waals surface area contributed by atoms with Crippen LogP contribution < -0.4 is 4.72 Å². The largest absolute Gasteiger partial charge is 0.466 e. The third-order valence-corrected chi connectivity index (χ3v) is 3.94. The van der Waals surface area contributed by atoms with Crippen LogP contribution in [0.5, 0.6) is 0 Å². The van der Waals surface area contributed by atoms with E-state index in [-0.39, 0.29) is 6.61 Å². The summed E-state index contributed by atoms with van der Waals surface area (Å²) < 4.78 is 56.0. The molecule has 120 valence electrons. The summed E-state index contributed by atoms with van der Waals surface area (Å²) in [6, 6.07) is -2.17. The van der Waals surface area contributed by atoms with Crippen LogP contribution in [0.3, 0.4) is 0 Å². The van der Waals surface area contributed by atoms with E-state index < -0.39 is 40.3 Å². The van der Waals surface area contributed by atoms with E-state index in [0.29, 0.717) is 6.42 Å². The molecular weight excluding hydrogens is 295 g/mol. The van der Waals surface area contributed by atoms with Crippen LogP contribution in [0.4, 0.5) is 13.2 Å². The van der Waals surface area contributed by atoms with E-state index in [1.165, 1.54) is 0 Å². The van der Waals surface area contributed by atoms with Gasteiger partial charge in [-0.25, -0.2) is 8.93 Å². The summed E-state index contributed by atoms with van der Waals surface area (Å²) in [5.74, 6) is -0.945. The van der Waals surface area contributed by atoms with Crippen molar-refractivity contribution in [3.63, 3.8) is 0 Å². The second-order valence-corrected chi connectivity index (χ2v) is 7.37. The lowest BCUT2D eigenvalue weighted by Crippen LogP contribution is -2.48. The van der Waals surface area contributed by atoms with Gasteiger partial charge in [0.25, 0.3) is 0 Å². The fourth-order valence-electron chi connectivity index (χ4n) is 1.09. The lowest BCUT2D eigenvalue weighted by Gasteiger charge is -2.25. The summed E-state index contributed by atoms with van der Waals surface area (Å²) in [7, 11) is -1.92. The summed E-state index contributed by atoms with van der Waals surface area (Å²) in [5, 5.41) is 0. The highest BCUT2D eigenvalue weighted by atomic mass is 32.2. The Balaban J connectivity index is 4.60. The van der Waals surface area contributed by atoms with Crippen molar-refractivity contribution in [1.29, 1.82) is 0 Å². The number of nitrogens with one attached hydrogen (secondary N) is 1. The van der Waals surface area contributed by atoms with E-state index in [1.54, 1.807) is 20.8 Å². The molecule has 0 fully saturated rings. The van der Waals surface area contributed by atoms with Gasteiger partial charge in [0.05, 0.1) is 28.8 Å². The van der Waals surface area contributed by atoms with Crippen molar-refractivity contribution in [3.8, 4) is 0 Å². The van der Waals surface area contributed by atoms with Crippen LogP contribution in [-0.2, 0) is 20.5 Å². The van der Waals surface area contributed by atoms with E-state index in [9.17, 15) is 22.2 Å². The van der Waals surface area contributed by atoms with Gasteiger partial charge in [-0.05, 0) is 27.2 Å². The third-order valence-electron chi connectivity index (χ3n) is 2.33. The molecule has 0 aromatic heterocycles. The first-order valence-electron chi connectivity index (χ1n) is 6.39. The first kappa shape index (κ1) is 19.4. The van der Waals surface area contributed by atoms with Crippen molar-refractivity contribution >= 4 is 17.0 Å². The topological polar surface area (TPSA) is 55.4 Å². The Bertz CT molecular complexity index is 340. The highest BCUT2D eigenvalue weighted by Crippen LogP contribution is 2.24. The summed E-state index contributed by atoms with van der Waals surface area (Å²) >= 11 is 0. The van der Waals surface area contributed by atoms with Gasteiger partial charge in [-0.15, -0.1) is 0 Å². The summed E-state index contributed by atoms with van der Waals surface area (Å²) in [4.78, 5) is 11.3. The molecule has 0 heterocycles. The molecule has 2 atom stereocenters.